The van der Waals surface area contributed by atoms with Crippen LogP contribution in [0.4, 0.5) is 0 Å². The Morgan fingerprint density at radius 3 is 2.37 bits per heavy atom. The Bertz CT molecular complexity index is 1160. The molecule has 2 heterocycles. The first-order valence-corrected chi connectivity index (χ1v) is 13.0. The van der Waals surface area contributed by atoms with Gasteiger partial charge in [0.2, 0.25) is 0 Å². The minimum atomic E-state index is -0.768. The van der Waals surface area contributed by atoms with Gasteiger partial charge >= 0.3 is 0 Å². The number of benzene rings is 2. The molecule has 38 heavy (non-hydrogen) atoms. The van der Waals surface area contributed by atoms with Crippen LogP contribution in [0.1, 0.15) is 36.9 Å². The predicted molar refractivity (Wildman–Crippen MR) is 143 cm³/mol. The maximum Gasteiger partial charge on any atom is 0.295 e. The first-order valence-electron chi connectivity index (χ1n) is 13.0. The van der Waals surface area contributed by atoms with Crippen molar-refractivity contribution in [3.8, 4) is 17.2 Å². The average molecular weight is 525 g/mol. The summed E-state index contributed by atoms with van der Waals surface area (Å²) >= 11 is 0. The molecule has 204 valence electrons. The van der Waals surface area contributed by atoms with Gasteiger partial charge in [-0.15, -0.1) is 0 Å². The number of likely N-dealkylation sites (tertiary alicyclic amines) is 1. The summed E-state index contributed by atoms with van der Waals surface area (Å²) in [6, 6.07) is 11.4. The van der Waals surface area contributed by atoms with Crippen molar-refractivity contribution in [1.29, 1.82) is 0 Å². The van der Waals surface area contributed by atoms with Gasteiger partial charge in [-0.05, 0) is 54.8 Å². The number of methoxy groups -OCH3 is 2. The SMILES string of the molecule is CCCOc1ccc(C(O)=C2C(=O)C(=O)N(CCCN3CCOCC3)[C@H]2c2ccc(OC)c(OC)c2)cc1. The van der Waals surface area contributed by atoms with Gasteiger partial charge in [-0.3, -0.25) is 14.5 Å². The number of morpholine rings is 1. The lowest BCUT2D eigenvalue weighted by atomic mass is 9.95. The molecule has 2 aliphatic heterocycles. The molecule has 0 radical (unpaired) electrons. The van der Waals surface area contributed by atoms with Crippen molar-refractivity contribution in [2.24, 2.45) is 0 Å². The highest BCUT2D eigenvalue weighted by Crippen LogP contribution is 2.42. The Hall–Kier alpha value is -3.56. The molecule has 0 bridgehead atoms. The van der Waals surface area contributed by atoms with E-state index in [0.717, 1.165) is 26.1 Å². The summed E-state index contributed by atoms with van der Waals surface area (Å²) < 4.78 is 21.9. The van der Waals surface area contributed by atoms with Gasteiger partial charge in [0, 0.05) is 31.7 Å². The highest BCUT2D eigenvalue weighted by atomic mass is 16.5. The van der Waals surface area contributed by atoms with Crippen LogP contribution in [0.2, 0.25) is 0 Å². The van der Waals surface area contributed by atoms with E-state index >= 15 is 0 Å². The minimum Gasteiger partial charge on any atom is -0.507 e. The molecule has 9 nitrogen and oxygen atoms in total. The van der Waals surface area contributed by atoms with Crippen molar-refractivity contribution in [3.63, 3.8) is 0 Å². The minimum absolute atomic E-state index is 0.0517. The normalized spacial score (nSPS) is 19.6. The van der Waals surface area contributed by atoms with Crippen molar-refractivity contribution >= 4 is 17.4 Å². The second-order valence-electron chi connectivity index (χ2n) is 9.29. The number of rotatable bonds is 11. The number of hydrogen-bond acceptors (Lipinski definition) is 8. The topological polar surface area (TPSA) is 97.8 Å². The molecule has 1 amide bonds. The van der Waals surface area contributed by atoms with Crippen LogP contribution in [0.5, 0.6) is 17.2 Å². The van der Waals surface area contributed by atoms with E-state index in [4.69, 9.17) is 18.9 Å². The summed E-state index contributed by atoms with van der Waals surface area (Å²) in [6.45, 7) is 6.82. The van der Waals surface area contributed by atoms with Crippen molar-refractivity contribution in [2.45, 2.75) is 25.8 Å². The Kier molecular flexibility index (Phi) is 9.25. The summed E-state index contributed by atoms with van der Waals surface area (Å²) in [5.74, 6) is 0.116. The van der Waals surface area contributed by atoms with Gasteiger partial charge in [0.05, 0.1) is 45.7 Å². The van der Waals surface area contributed by atoms with Gasteiger partial charge in [-0.2, -0.15) is 0 Å². The molecule has 2 fully saturated rings. The van der Waals surface area contributed by atoms with Gasteiger partial charge in [-0.1, -0.05) is 13.0 Å². The lowest BCUT2D eigenvalue weighted by molar-refractivity contribution is -0.140. The van der Waals surface area contributed by atoms with Crippen LogP contribution in [0.3, 0.4) is 0 Å². The fourth-order valence-corrected chi connectivity index (χ4v) is 4.85. The van der Waals surface area contributed by atoms with Crippen LogP contribution in [0.15, 0.2) is 48.0 Å². The zero-order valence-corrected chi connectivity index (χ0v) is 22.3. The predicted octanol–water partition coefficient (Wildman–Crippen LogP) is 3.64. The number of hydrogen-bond donors (Lipinski definition) is 1. The lowest BCUT2D eigenvalue weighted by Crippen LogP contribution is -2.38. The number of ketones is 1. The van der Waals surface area contributed by atoms with E-state index in [0.29, 0.717) is 61.2 Å². The van der Waals surface area contributed by atoms with Gasteiger partial charge < -0.3 is 29.0 Å². The summed E-state index contributed by atoms with van der Waals surface area (Å²) in [5, 5.41) is 11.3. The molecule has 4 rings (SSSR count). The summed E-state index contributed by atoms with van der Waals surface area (Å²) in [6.07, 6.45) is 1.56. The zero-order chi connectivity index (χ0) is 27.1. The molecule has 9 heteroatoms. The van der Waals surface area contributed by atoms with Crippen molar-refractivity contribution < 1.29 is 33.6 Å². The smallest absolute Gasteiger partial charge is 0.295 e. The molecule has 2 aromatic carbocycles. The van der Waals surface area contributed by atoms with Crippen molar-refractivity contribution in [1.82, 2.24) is 9.80 Å². The lowest BCUT2D eigenvalue weighted by Gasteiger charge is -2.29. The molecule has 2 aromatic rings. The molecule has 0 saturated carbocycles. The highest BCUT2D eigenvalue weighted by molar-refractivity contribution is 6.46. The molecule has 1 atom stereocenters. The third kappa shape index (κ3) is 5.95. The van der Waals surface area contributed by atoms with Crippen LogP contribution < -0.4 is 14.2 Å². The Morgan fingerprint density at radius 1 is 1.00 bits per heavy atom. The third-order valence-electron chi connectivity index (χ3n) is 6.84. The third-order valence-corrected chi connectivity index (χ3v) is 6.84. The molecule has 1 N–H and O–H groups in total. The maximum absolute atomic E-state index is 13.3. The largest absolute Gasteiger partial charge is 0.507 e. The van der Waals surface area contributed by atoms with E-state index in [9.17, 15) is 14.7 Å². The summed E-state index contributed by atoms with van der Waals surface area (Å²) in [5.41, 5.74) is 1.14. The van der Waals surface area contributed by atoms with Crippen molar-refractivity contribution in [2.75, 3.05) is 60.2 Å². The maximum atomic E-state index is 13.3. The molecular weight excluding hydrogens is 488 g/mol. The number of Topliss-reactive ketones (excluding diaryl/α,β-unsaturated/α-hetero) is 1. The fourth-order valence-electron chi connectivity index (χ4n) is 4.85. The second kappa shape index (κ2) is 12.8. The Labute approximate surface area is 223 Å². The number of carbonyl (C=O) groups excluding carboxylic acids is 2. The van der Waals surface area contributed by atoms with Crippen LogP contribution in [0.25, 0.3) is 5.76 Å². The molecule has 0 spiro atoms. The Balaban J connectivity index is 1.69. The fraction of sp³-hybridized carbons (Fsp3) is 0.448. The van der Waals surface area contributed by atoms with Gasteiger partial charge in [-0.25, -0.2) is 0 Å². The molecule has 0 unspecified atom stereocenters. The number of nitrogens with zero attached hydrogens (tertiary/aromatic N) is 2. The molecule has 0 aromatic heterocycles. The number of amides is 1. The van der Waals surface area contributed by atoms with E-state index in [-0.39, 0.29) is 11.3 Å². The van der Waals surface area contributed by atoms with Gasteiger partial charge in [0.1, 0.15) is 11.5 Å². The quantitative estimate of drug-likeness (QED) is 0.270. The number of aliphatic hydroxyl groups is 1. The Morgan fingerprint density at radius 2 is 1.71 bits per heavy atom. The van der Waals surface area contributed by atoms with Crippen LogP contribution in [0, 0.1) is 0 Å². The first-order chi connectivity index (χ1) is 18.5. The van der Waals surface area contributed by atoms with Gasteiger partial charge in [0.25, 0.3) is 11.7 Å². The molecular formula is C29H36N2O7. The monoisotopic (exact) mass is 524 g/mol. The first kappa shape index (κ1) is 27.5. The van der Waals surface area contributed by atoms with Crippen LogP contribution in [-0.2, 0) is 14.3 Å². The average Bonchev–Trinajstić information content (AvgIpc) is 3.21. The van der Waals surface area contributed by atoms with Crippen molar-refractivity contribution in [3.05, 3.63) is 59.2 Å². The van der Waals surface area contributed by atoms with Crippen LogP contribution >= 0.6 is 0 Å². The van der Waals surface area contributed by atoms with E-state index in [1.165, 1.54) is 7.11 Å². The number of ether oxygens (including phenoxy) is 4. The van der Waals surface area contributed by atoms with E-state index in [2.05, 4.69) is 4.90 Å². The zero-order valence-electron chi connectivity index (χ0n) is 22.3. The molecule has 2 saturated heterocycles. The summed E-state index contributed by atoms with van der Waals surface area (Å²) in [7, 11) is 3.08. The highest BCUT2D eigenvalue weighted by Gasteiger charge is 2.46. The van der Waals surface area contributed by atoms with E-state index < -0.39 is 17.7 Å². The second-order valence-corrected chi connectivity index (χ2v) is 9.29. The molecule has 2 aliphatic rings. The standard InChI is InChI=1S/C29H36N2O7/c1-4-16-38-22-9-6-20(7-10-22)27(32)25-26(21-8-11-23(35-2)24(19-21)36-3)31(29(34)28(25)33)13-5-12-30-14-17-37-18-15-30/h6-11,19,26,32H,4-5,12-18H2,1-3H3/t26-/m0/s1. The summed E-state index contributed by atoms with van der Waals surface area (Å²) in [4.78, 5) is 30.5. The number of aliphatic hydroxyl groups excluding tert-OH is 1. The molecule has 0 aliphatic carbocycles. The van der Waals surface area contributed by atoms with E-state index in [1.807, 2.05) is 6.92 Å². The van der Waals surface area contributed by atoms with Crippen LogP contribution in [-0.4, -0.2) is 86.8 Å². The van der Waals surface area contributed by atoms with Gasteiger partial charge in [0.15, 0.2) is 11.5 Å². The van der Waals surface area contributed by atoms with E-state index in [1.54, 1.807) is 54.5 Å². The number of carbonyl (C=O) groups is 2.